The number of pyridine rings is 1. The van der Waals surface area contributed by atoms with Gasteiger partial charge in [-0.2, -0.15) is 13.2 Å². The normalized spacial score (nSPS) is 18.7. The Balaban J connectivity index is 1.52. The lowest BCUT2D eigenvalue weighted by Crippen LogP contribution is -2.29. The highest BCUT2D eigenvalue weighted by atomic mass is 19.4. The van der Waals surface area contributed by atoms with E-state index in [9.17, 15) is 22.8 Å². The van der Waals surface area contributed by atoms with Crippen molar-refractivity contribution in [3.05, 3.63) is 53.9 Å². The molecule has 1 fully saturated rings. The summed E-state index contributed by atoms with van der Waals surface area (Å²) in [5.74, 6) is -1.04. The lowest BCUT2D eigenvalue weighted by Gasteiger charge is -2.14. The highest BCUT2D eigenvalue weighted by Crippen LogP contribution is 2.48. The highest BCUT2D eigenvalue weighted by Gasteiger charge is 2.44. The molecule has 3 atom stereocenters. The Morgan fingerprint density at radius 2 is 2.00 bits per heavy atom. The van der Waals surface area contributed by atoms with Gasteiger partial charge in [0.05, 0.1) is 17.9 Å². The number of rotatable bonds is 9. The number of benzene rings is 1. The van der Waals surface area contributed by atoms with Crippen LogP contribution in [0.1, 0.15) is 36.6 Å². The molecule has 1 aromatic heterocycles. The maximum Gasteiger partial charge on any atom is 0.422 e. The van der Waals surface area contributed by atoms with Gasteiger partial charge in [0.15, 0.2) is 13.2 Å². The van der Waals surface area contributed by atoms with Gasteiger partial charge in [0.25, 0.3) is 0 Å². The van der Waals surface area contributed by atoms with Gasteiger partial charge in [-0.1, -0.05) is 12.1 Å². The van der Waals surface area contributed by atoms with Crippen molar-refractivity contribution >= 4 is 11.9 Å². The predicted molar refractivity (Wildman–Crippen MR) is 103 cm³/mol. The molecule has 2 aromatic rings. The molecular formula is C21H21F3N2O5. The molecule has 0 aliphatic heterocycles. The first-order chi connectivity index (χ1) is 14.6. The molecule has 0 unspecified atom stereocenters. The molecule has 0 saturated heterocycles. The van der Waals surface area contributed by atoms with E-state index in [0.29, 0.717) is 17.9 Å². The molecule has 1 saturated carbocycles. The topological polar surface area (TPSA) is 97.8 Å². The molecule has 31 heavy (non-hydrogen) atoms. The van der Waals surface area contributed by atoms with E-state index in [-0.39, 0.29) is 23.5 Å². The van der Waals surface area contributed by atoms with Crippen molar-refractivity contribution in [1.29, 1.82) is 0 Å². The first kappa shape index (κ1) is 22.4. The van der Waals surface area contributed by atoms with Crippen LogP contribution in [-0.2, 0) is 9.59 Å². The molecule has 2 N–H and O–H groups in total. The van der Waals surface area contributed by atoms with E-state index in [1.54, 1.807) is 25.1 Å². The zero-order valence-corrected chi connectivity index (χ0v) is 16.6. The van der Waals surface area contributed by atoms with Crippen molar-refractivity contribution in [1.82, 2.24) is 10.3 Å². The molecule has 7 nitrogen and oxygen atoms in total. The van der Waals surface area contributed by atoms with Crippen molar-refractivity contribution in [3.8, 4) is 11.5 Å². The lowest BCUT2D eigenvalue weighted by molar-refractivity contribution is -0.153. The van der Waals surface area contributed by atoms with E-state index >= 15 is 0 Å². The van der Waals surface area contributed by atoms with E-state index in [2.05, 4.69) is 15.0 Å². The Hall–Kier alpha value is -3.30. The number of hydrogen-bond acceptors (Lipinski definition) is 5. The summed E-state index contributed by atoms with van der Waals surface area (Å²) >= 11 is 0. The van der Waals surface area contributed by atoms with Crippen molar-refractivity contribution in [3.63, 3.8) is 0 Å². The Morgan fingerprint density at radius 3 is 2.65 bits per heavy atom. The molecule has 1 aliphatic rings. The smallest absolute Gasteiger partial charge is 0.422 e. The van der Waals surface area contributed by atoms with Crippen LogP contribution in [0.5, 0.6) is 11.5 Å². The molecule has 1 aliphatic carbocycles. The van der Waals surface area contributed by atoms with Crippen LogP contribution in [-0.4, -0.2) is 41.4 Å². The molecule has 10 heteroatoms. The van der Waals surface area contributed by atoms with Gasteiger partial charge in [0, 0.05) is 5.92 Å². The number of alkyl halides is 3. The second kappa shape index (κ2) is 9.23. The largest absolute Gasteiger partial charge is 0.483 e. The Kier molecular flexibility index (Phi) is 6.67. The number of aromatic nitrogens is 1. The third-order valence-electron chi connectivity index (χ3n) is 4.74. The minimum Gasteiger partial charge on any atom is -0.483 e. The van der Waals surface area contributed by atoms with Crippen LogP contribution in [0.15, 0.2) is 42.6 Å². The number of carboxylic acids is 1. The van der Waals surface area contributed by atoms with Gasteiger partial charge in [-0.25, -0.2) is 4.79 Å². The summed E-state index contributed by atoms with van der Waals surface area (Å²) in [4.78, 5) is 27.2. The van der Waals surface area contributed by atoms with Crippen LogP contribution in [0, 0.1) is 5.92 Å². The molecule has 1 heterocycles. The van der Waals surface area contributed by atoms with Gasteiger partial charge < -0.3 is 19.9 Å². The fourth-order valence-corrected chi connectivity index (χ4v) is 3.13. The summed E-state index contributed by atoms with van der Waals surface area (Å²) in [5, 5.41) is 11.6. The van der Waals surface area contributed by atoms with Crippen LogP contribution in [0.2, 0.25) is 0 Å². The molecule has 1 aromatic carbocycles. The molecule has 0 spiro atoms. The number of halogens is 3. The number of nitrogens with zero attached hydrogens (tertiary/aromatic N) is 1. The minimum atomic E-state index is -4.43. The van der Waals surface area contributed by atoms with Crippen molar-refractivity contribution < 1.29 is 37.3 Å². The number of ether oxygens (including phenoxy) is 2. The van der Waals surface area contributed by atoms with Crippen LogP contribution in [0.3, 0.4) is 0 Å². The summed E-state index contributed by atoms with van der Waals surface area (Å²) in [6.45, 7) is -0.108. The average Bonchev–Trinajstić information content (AvgIpc) is 3.52. The van der Waals surface area contributed by atoms with E-state index < -0.39 is 31.4 Å². The monoisotopic (exact) mass is 438 g/mol. The highest BCUT2D eigenvalue weighted by molar-refractivity contribution is 5.83. The number of carbonyl (C=O) groups excluding carboxylic acids is 1. The van der Waals surface area contributed by atoms with Crippen molar-refractivity contribution in [2.45, 2.75) is 31.5 Å². The number of amides is 1. The summed E-state index contributed by atoms with van der Waals surface area (Å²) in [7, 11) is 0. The minimum absolute atomic E-state index is 0.00619. The standard InChI is InChI=1S/C21H21F3N2O5/c1-12(18-6-5-15(9-25-18)31-11-21(22,23)24)26-20(29)17-8-16(17)13-3-2-4-14(7-13)30-10-19(27)28/h2-7,9,12,16-17H,8,10-11H2,1H3,(H,26,29)(H,27,28)/t12-,16-,17-/m1/s1. The number of nitrogens with one attached hydrogen (secondary N) is 1. The molecular weight excluding hydrogens is 417 g/mol. The fourth-order valence-electron chi connectivity index (χ4n) is 3.13. The molecule has 0 radical (unpaired) electrons. The number of carboxylic acid groups (broad SMARTS) is 1. The average molecular weight is 438 g/mol. The van der Waals surface area contributed by atoms with Crippen molar-refractivity contribution in [2.75, 3.05) is 13.2 Å². The summed E-state index contributed by atoms with van der Waals surface area (Å²) in [6, 6.07) is 9.43. The number of aliphatic carboxylic acids is 1. The van der Waals surface area contributed by atoms with E-state index in [0.717, 1.165) is 5.56 Å². The number of hydrogen-bond donors (Lipinski definition) is 2. The Bertz CT molecular complexity index is 933. The van der Waals surface area contributed by atoms with Crippen molar-refractivity contribution in [2.24, 2.45) is 5.92 Å². The quantitative estimate of drug-likeness (QED) is 0.622. The van der Waals surface area contributed by atoms with Crippen LogP contribution >= 0.6 is 0 Å². The Morgan fingerprint density at radius 1 is 1.23 bits per heavy atom. The second-order valence-electron chi connectivity index (χ2n) is 7.26. The molecule has 166 valence electrons. The van der Waals surface area contributed by atoms with E-state index in [1.807, 2.05) is 6.07 Å². The van der Waals surface area contributed by atoms with Gasteiger partial charge >= 0.3 is 12.1 Å². The molecule has 3 rings (SSSR count). The maximum absolute atomic E-state index is 12.6. The number of carbonyl (C=O) groups is 2. The van der Waals surface area contributed by atoms with Gasteiger partial charge in [-0.3, -0.25) is 9.78 Å². The third kappa shape index (κ3) is 6.59. The van der Waals surface area contributed by atoms with Gasteiger partial charge in [-0.15, -0.1) is 0 Å². The first-order valence-electron chi connectivity index (χ1n) is 9.53. The zero-order chi connectivity index (χ0) is 22.6. The fraction of sp³-hybridized carbons (Fsp3) is 0.381. The van der Waals surface area contributed by atoms with Gasteiger partial charge in [0.2, 0.25) is 5.91 Å². The van der Waals surface area contributed by atoms with Gasteiger partial charge in [-0.05, 0) is 49.1 Å². The predicted octanol–water partition coefficient (Wildman–Crippen LogP) is 3.47. The Labute approximate surface area is 176 Å². The third-order valence-corrected chi connectivity index (χ3v) is 4.74. The SMILES string of the molecule is C[C@@H](NC(=O)[C@@H]1C[C@@H]1c1cccc(OCC(=O)O)c1)c1ccc(OCC(F)(F)F)cn1. The lowest BCUT2D eigenvalue weighted by atomic mass is 10.1. The summed E-state index contributed by atoms with van der Waals surface area (Å²) in [5.41, 5.74) is 1.38. The van der Waals surface area contributed by atoms with E-state index in [4.69, 9.17) is 9.84 Å². The summed E-state index contributed by atoms with van der Waals surface area (Å²) in [6.07, 6.45) is -2.59. The summed E-state index contributed by atoms with van der Waals surface area (Å²) < 4.78 is 46.4. The van der Waals surface area contributed by atoms with Crippen LogP contribution in [0.25, 0.3) is 0 Å². The van der Waals surface area contributed by atoms with Crippen LogP contribution < -0.4 is 14.8 Å². The molecule has 1 amide bonds. The maximum atomic E-state index is 12.6. The zero-order valence-electron chi connectivity index (χ0n) is 16.6. The first-order valence-corrected chi connectivity index (χ1v) is 9.53. The van der Waals surface area contributed by atoms with Crippen LogP contribution in [0.4, 0.5) is 13.2 Å². The molecule has 0 bridgehead atoms. The van der Waals surface area contributed by atoms with E-state index in [1.165, 1.54) is 18.3 Å². The second-order valence-corrected chi connectivity index (χ2v) is 7.26. The van der Waals surface area contributed by atoms with Gasteiger partial charge in [0.1, 0.15) is 11.5 Å².